The fourth-order valence-corrected chi connectivity index (χ4v) is 4.58. The molecule has 0 aromatic heterocycles. The number of anilines is 1. The highest BCUT2D eigenvalue weighted by Gasteiger charge is 2.37. The molecule has 6 heteroatoms. The number of piperazine rings is 1. The number of benzene rings is 1. The maximum absolute atomic E-state index is 6.27. The number of hydrogen-bond acceptors (Lipinski definition) is 5. The molecule has 1 aromatic carbocycles. The van der Waals surface area contributed by atoms with E-state index < -0.39 is 0 Å². The van der Waals surface area contributed by atoms with E-state index in [1.807, 2.05) is 18.2 Å². The first kappa shape index (κ1) is 16.3. The molecule has 0 bridgehead atoms. The first-order chi connectivity index (χ1) is 12.6. The van der Waals surface area contributed by atoms with E-state index in [1.165, 1.54) is 25.0 Å². The Kier molecular flexibility index (Phi) is 3.83. The Balaban J connectivity index is 1.58. The van der Waals surface area contributed by atoms with Gasteiger partial charge in [-0.05, 0) is 57.0 Å². The van der Waals surface area contributed by atoms with Crippen LogP contribution in [0.15, 0.2) is 40.0 Å². The van der Waals surface area contributed by atoms with Gasteiger partial charge in [0.25, 0.3) is 0 Å². The van der Waals surface area contributed by atoms with Crippen molar-refractivity contribution in [1.82, 2.24) is 9.80 Å². The fraction of sp³-hybridized carbons (Fsp3) is 0.500. The molecule has 4 aliphatic heterocycles. The molecule has 4 heterocycles. The highest BCUT2D eigenvalue weighted by Crippen LogP contribution is 2.38. The van der Waals surface area contributed by atoms with Gasteiger partial charge in [-0.1, -0.05) is 11.6 Å². The zero-order chi connectivity index (χ0) is 17.8. The third-order valence-electron chi connectivity index (χ3n) is 6.05. The number of fused-ring (bicyclic) bond motifs is 4. The first-order valence-corrected chi connectivity index (χ1v) is 9.91. The molecule has 0 aliphatic carbocycles. The molecule has 26 heavy (non-hydrogen) atoms. The minimum Gasteiger partial charge on any atom is -0.351 e. The van der Waals surface area contributed by atoms with E-state index >= 15 is 0 Å². The van der Waals surface area contributed by atoms with Gasteiger partial charge in [-0.3, -0.25) is 14.8 Å². The number of hydrogen-bond donors (Lipinski definition) is 0. The van der Waals surface area contributed by atoms with Crippen molar-refractivity contribution >= 4 is 34.6 Å². The Labute approximate surface area is 159 Å². The molecule has 2 unspecified atom stereocenters. The lowest BCUT2D eigenvalue weighted by atomic mass is 10.1. The van der Waals surface area contributed by atoms with E-state index in [4.69, 9.17) is 21.6 Å². The Morgan fingerprint density at radius 1 is 1.15 bits per heavy atom. The molecule has 0 radical (unpaired) electrons. The standard InChI is InChI=1S/C20H24ClN5/c1-13-11-26-18-10-15(21)5-6-17(18)23-19(20(26)22-14(13)2)25-9-8-24-7-3-4-16(24)12-25/h5-6,10-11,14,16H,3-4,7-9,12H2,1-2H3. The smallest absolute Gasteiger partial charge is 0.176 e. The number of halogens is 1. The molecule has 5 nitrogen and oxygen atoms in total. The summed E-state index contributed by atoms with van der Waals surface area (Å²) in [6, 6.07) is 6.76. The van der Waals surface area contributed by atoms with Gasteiger partial charge in [0.05, 0.1) is 17.4 Å². The van der Waals surface area contributed by atoms with E-state index in [0.29, 0.717) is 6.04 Å². The molecule has 0 spiro atoms. The van der Waals surface area contributed by atoms with Gasteiger partial charge in [0.1, 0.15) is 0 Å². The minimum absolute atomic E-state index is 0.181. The number of aliphatic imine (C=N–C) groups is 2. The maximum atomic E-state index is 6.27. The fourth-order valence-electron chi connectivity index (χ4n) is 4.41. The summed E-state index contributed by atoms with van der Waals surface area (Å²) in [5.41, 5.74) is 3.24. The van der Waals surface area contributed by atoms with Gasteiger partial charge in [0.2, 0.25) is 0 Å². The van der Waals surface area contributed by atoms with Crippen LogP contribution >= 0.6 is 11.6 Å². The van der Waals surface area contributed by atoms with E-state index in [1.54, 1.807) is 0 Å². The summed E-state index contributed by atoms with van der Waals surface area (Å²) in [6.07, 6.45) is 4.81. The summed E-state index contributed by atoms with van der Waals surface area (Å²) in [7, 11) is 0. The van der Waals surface area contributed by atoms with E-state index in [0.717, 1.165) is 47.7 Å². The van der Waals surface area contributed by atoms with Crippen molar-refractivity contribution in [2.45, 2.75) is 38.8 Å². The SMILES string of the molecule is CC1=CN2C(=NC1C)C(N1CCN3CCCC3C1)=Nc1ccc(Cl)cc12. The first-order valence-electron chi connectivity index (χ1n) is 9.53. The van der Waals surface area contributed by atoms with Gasteiger partial charge >= 0.3 is 0 Å². The Bertz CT molecular complexity index is 843. The molecule has 4 aliphatic rings. The number of nitrogens with zero attached hydrogens (tertiary/aromatic N) is 5. The molecule has 5 rings (SSSR count). The summed E-state index contributed by atoms with van der Waals surface area (Å²) in [6.45, 7) is 8.72. The Morgan fingerprint density at radius 3 is 2.92 bits per heavy atom. The van der Waals surface area contributed by atoms with Crippen molar-refractivity contribution in [3.63, 3.8) is 0 Å². The summed E-state index contributed by atoms with van der Waals surface area (Å²) < 4.78 is 0. The molecular formula is C20H24ClN5. The van der Waals surface area contributed by atoms with Crippen molar-refractivity contribution in [1.29, 1.82) is 0 Å². The second-order valence-electron chi connectivity index (χ2n) is 7.72. The average Bonchev–Trinajstić information content (AvgIpc) is 3.10. The normalized spacial score (nSPS) is 28.0. The van der Waals surface area contributed by atoms with Crippen LogP contribution in [-0.4, -0.2) is 59.7 Å². The molecule has 0 saturated carbocycles. The topological polar surface area (TPSA) is 34.4 Å². The highest BCUT2D eigenvalue weighted by atomic mass is 35.5. The average molecular weight is 370 g/mol. The van der Waals surface area contributed by atoms with E-state index in [-0.39, 0.29) is 6.04 Å². The van der Waals surface area contributed by atoms with Crippen LogP contribution in [0.4, 0.5) is 11.4 Å². The van der Waals surface area contributed by atoms with Gasteiger partial charge in [0.15, 0.2) is 11.7 Å². The lowest BCUT2D eigenvalue weighted by molar-refractivity contribution is 0.153. The van der Waals surface area contributed by atoms with Crippen LogP contribution in [0.25, 0.3) is 0 Å². The van der Waals surface area contributed by atoms with Crippen LogP contribution in [0.3, 0.4) is 0 Å². The quantitative estimate of drug-likeness (QED) is 0.699. The largest absolute Gasteiger partial charge is 0.351 e. The van der Waals surface area contributed by atoms with Crippen LogP contribution in [0.1, 0.15) is 26.7 Å². The van der Waals surface area contributed by atoms with Gasteiger partial charge < -0.3 is 4.90 Å². The molecule has 1 aromatic rings. The molecule has 0 amide bonds. The van der Waals surface area contributed by atoms with Gasteiger partial charge in [-0.2, -0.15) is 0 Å². The van der Waals surface area contributed by atoms with Crippen molar-refractivity contribution in [2.24, 2.45) is 9.98 Å². The predicted molar refractivity (Wildman–Crippen MR) is 108 cm³/mol. The molecule has 2 saturated heterocycles. The predicted octanol–water partition coefficient (Wildman–Crippen LogP) is 3.67. The van der Waals surface area contributed by atoms with E-state index in [9.17, 15) is 0 Å². The third kappa shape index (κ3) is 2.57. The lowest BCUT2D eigenvalue weighted by Crippen LogP contribution is -2.56. The van der Waals surface area contributed by atoms with E-state index in [2.05, 4.69) is 34.7 Å². The van der Waals surface area contributed by atoms with Gasteiger partial charge in [0, 0.05) is 36.9 Å². The lowest BCUT2D eigenvalue weighted by Gasteiger charge is -2.42. The van der Waals surface area contributed by atoms with Crippen molar-refractivity contribution in [2.75, 3.05) is 31.1 Å². The zero-order valence-corrected chi connectivity index (χ0v) is 16.1. The van der Waals surface area contributed by atoms with Crippen molar-refractivity contribution in [3.8, 4) is 0 Å². The molecular weight excluding hydrogens is 346 g/mol. The van der Waals surface area contributed by atoms with Gasteiger partial charge in [-0.25, -0.2) is 4.99 Å². The summed E-state index contributed by atoms with van der Waals surface area (Å²) in [4.78, 5) is 17.3. The summed E-state index contributed by atoms with van der Waals surface area (Å²) in [5.74, 6) is 1.98. The Morgan fingerprint density at radius 2 is 2.04 bits per heavy atom. The molecule has 2 fully saturated rings. The minimum atomic E-state index is 0.181. The van der Waals surface area contributed by atoms with Crippen molar-refractivity contribution in [3.05, 3.63) is 35.0 Å². The number of rotatable bonds is 0. The molecule has 2 atom stereocenters. The van der Waals surface area contributed by atoms with Crippen LogP contribution in [0.5, 0.6) is 0 Å². The number of amidine groups is 2. The molecule has 0 N–H and O–H groups in total. The highest BCUT2D eigenvalue weighted by molar-refractivity contribution is 6.48. The Hall–Kier alpha value is -1.85. The van der Waals surface area contributed by atoms with Crippen LogP contribution in [-0.2, 0) is 0 Å². The second kappa shape index (κ2) is 6.10. The summed E-state index contributed by atoms with van der Waals surface area (Å²) in [5, 5.41) is 0.728. The summed E-state index contributed by atoms with van der Waals surface area (Å²) >= 11 is 6.27. The monoisotopic (exact) mass is 369 g/mol. The van der Waals surface area contributed by atoms with Crippen LogP contribution in [0.2, 0.25) is 5.02 Å². The van der Waals surface area contributed by atoms with Crippen LogP contribution < -0.4 is 4.90 Å². The zero-order valence-electron chi connectivity index (χ0n) is 15.3. The second-order valence-corrected chi connectivity index (χ2v) is 8.15. The molecule has 136 valence electrons. The van der Waals surface area contributed by atoms with Gasteiger partial charge in [-0.15, -0.1) is 0 Å². The van der Waals surface area contributed by atoms with Crippen LogP contribution in [0, 0.1) is 0 Å². The maximum Gasteiger partial charge on any atom is 0.176 e. The third-order valence-corrected chi connectivity index (χ3v) is 6.28. The van der Waals surface area contributed by atoms with Crippen molar-refractivity contribution < 1.29 is 0 Å².